The molecule has 9 heteroatoms. The van der Waals surface area contributed by atoms with Crippen molar-refractivity contribution in [2.24, 2.45) is 0 Å². The molecule has 1 unspecified atom stereocenters. The summed E-state index contributed by atoms with van der Waals surface area (Å²) in [6.45, 7) is 3.93. The summed E-state index contributed by atoms with van der Waals surface area (Å²) in [4.78, 5) is 17.3. The highest BCUT2D eigenvalue weighted by molar-refractivity contribution is 7.92. The number of aromatic nitrogens is 2. The molecule has 7 nitrogen and oxygen atoms in total. The molecular formula is C22H25ClN4O3S. The van der Waals surface area contributed by atoms with E-state index in [0.29, 0.717) is 17.1 Å². The van der Waals surface area contributed by atoms with E-state index in [0.717, 1.165) is 27.6 Å². The number of hydrogen-bond acceptors (Lipinski definition) is 4. The van der Waals surface area contributed by atoms with Crippen LogP contribution in [-0.2, 0) is 21.4 Å². The van der Waals surface area contributed by atoms with Crippen molar-refractivity contribution >= 4 is 33.2 Å². The Kier molecular flexibility index (Phi) is 7.02. The second kappa shape index (κ2) is 9.53. The van der Waals surface area contributed by atoms with Crippen LogP contribution in [-0.4, -0.2) is 36.2 Å². The Balaban J connectivity index is 1.85. The lowest BCUT2D eigenvalue weighted by Gasteiger charge is -2.30. The smallest absolute Gasteiger partial charge is 0.244 e. The minimum absolute atomic E-state index is 0.251. The van der Waals surface area contributed by atoms with Gasteiger partial charge in [0, 0.05) is 24.0 Å². The molecule has 0 aliphatic rings. The van der Waals surface area contributed by atoms with E-state index in [1.165, 1.54) is 0 Å². The highest BCUT2D eigenvalue weighted by atomic mass is 35.5. The number of hydrogen-bond donors (Lipinski definition) is 1. The monoisotopic (exact) mass is 460 g/mol. The van der Waals surface area contributed by atoms with Gasteiger partial charge in [-0.25, -0.2) is 13.4 Å². The van der Waals surface area contributed by atoms with E-state index < -0.39 is 16.1 Å². The maximum absolute atomic E-state index is 13.1. The predicted molar refractivity (Wildman–Crippen MR) is 123 cm³/mol. The van der Waals surface area contributed by atoms with E-state index in [-0.39, 0.29) is 12.5 Å². The number of halogens is 1. The summed E-state index contributed by atoms with van der Waals surface area (Å²) < 4.78 is 28.2. The molecule has 3 rings (SSSR count). The average molecular weight is 461 g/mol. The van der Waals surface area contributed by atoms with Gasteiger partial charge in [0.15, 0.2) is 0 Å². The highest BCUT2D eigenvalue weighted by Gasteiger charge is 2.31. The molecular weight excluding hydrogens is 436 g/mol. The summed E-state index contributed by atoms with van der Waals surface area (Å²) >= 11 is 5.94. The van der Waals surface area contributed by atoms with Crippen molar-refractivity contribution in [2.75, 3.05) is 10.6 Å². The molecule has 0 radical (unpaired) electrons. The number of nitrogens with one attached hydrogen (secondary N) is 1. The third-order valence-electron chi connectivity index (χ3n) is 4.94. The van der Waals surface area contributed by atoms with Crippen molar-refractivity contribution in [3.8, 4) is 5.69 Å². The molecule has 0 bridgehead atoms. The zero-order chi connectivity index (χ0) is 22.6. The van der Waals surface area contributed by atoms with Gasteiger partial charge in [0.1, 0.15) is 11.9 Å². The van der Waals surface area contributed by atoms with Gasteiger partial charge in [-0.3, -0.25) is 9.10 Å². The highest BCUT2D eigenvalue weighted by Crippen LogP contribution is 2.24. The average Bonchev–Trinajstić information content (AvgIpc) is 3.16. The van der Waals surface area contributed by atoms with E-state index >= 15 is 0 Å². The fraction of sp³-hybridized carbons (Fsp3) is 0.273. The second-order valence-corrected chi connectivity index (χ2v) is 9.45. The van der Waals surface area contributed by atoms with Crippen LogP contribution in [0.2, 0.25) is 5.02 Å². The zero-order valence-corrected chi connectivity index (χ0v) is 19.2. The van der Waals surface area contributed by atoms with Crippen molar-refractivity contribution in [1.82, 2.24) is 14.9 Å². The largest absolute Gasteiger partial charge is 0.350 e. The lowest BCUT2D eigenvalue weighted by Crippen LogP contribution is -2.49. The third kappa shape index (κ3) is 5.26. The minimum Gasteiger partial charge on any atom is -0.350 e. The van der Waals surface area contributed by atoms with Crippen LogP contribution in [0.4, 0.5) is 5.69 Å². The summed E-state index contributed by atoms with van der Waals surface area (Å²) in [6, 6.07) is 13.2. The normalized spacial score (nSPS) is 12.4. The van der Waals surface area contributed by atoms with Gasteiger partial charge in [0.05, 0.1) is 17.6 Å². The first-order valence-electron chi connectivity index (χ1n) is 9.83. The van der Waals surface area contributed by atoms with Gasteiger partial charge in [-0.2, -0.15) is 0 Å². The van der Waals surface area contributed by atoms with Gasteiger partial charge in [-0.05, 0) is 49.2 Å². The summed E-state index contributed by atoms with van der Waals surface area (Å²) in [5.41, 5.74) is 2.19. The number of rotatable bonds is 8. The number of imidazole rings is 1. The lowest BCUT2D eigenvalue weighted by molar-refractivity contribution is -0.122. The van der Waals surface area contributed by atoms with Crippen LogP contribution in [0.25, 0.3) is 5.69 Å². The molecule has 1 atom stereocenters. The number of benzene rings is 2. The van der Waals surface area contributed by atoms with Gasteiger partial charge in [-0.1, -0.05) is 36.7 Å². The minimum atomic E-state index is -3.70. The number of carbonyl (C=O) groups is 1. The van der Waals surface area contributed by atoms with Crippen molar-refractivity contribution in [3.63, 3.8) is 0 Å². The number of anilines is 1. The van der Waals surface area contributed by atoms with Crippen LogP contribution >= 0.6 is 11.6 Å². The molecule has 0 saturated heterocycles. The SMILES string of the molecule is CCC(C(=O)NCc1ccccc1-n1ccnc1C)N(c1ccc(Cl)cc1)S(C)(=O)=O. The van der Waals surface area contributed by atoms with E-state index in [1.807, 2.05) is 42.0 Å². The van der Waals surface area contributed by atoms with Crippen LogP contribution < -0.4 is 9.62 Å². The molecule has 1 aromatic heterocycles. The summed E-state index contributed by atoms with van der Waals surface area (Å²) in [6.07, 6.45) is 4.98. The number of carbonyl (C=O) groups excluding carboxylic acids is 1. The fourth-order valence-corrected chi connectivity index (χ4v) is 4.81. The quantitative estimate of drug-likeness (QED) is 0.555. The van der Waals surface area contributed by atoms with Crippen molar-refractivity contribution in [1.29, 1.82) is 0 Å². The lowest BCUT2D eigenvalue weighted by atomic mass is 10.1. The number of nitrogens with zero attached hydrogens (tertiary/aromatic N) is 3. The summed E-state index contributed by atoms with van der Waals surface area (Å²) in [5, 5.41) is 3.39. The molecule has 0 spiro atoms. The van der Waals surface area contributed by atoms with Crippen LogP contribution in [0, 0.1) is 6.92 Å². The summed E-state index contributed by atoms with van der Waals surface area (Å²) in [7, 11) is -3.70. The molecule has 0 aliphatic heterocycles. The Labute approximate surface area is 187 Å². The Hall–Kier alpha value is -2.84. The maximum atomic E-state index is 13.1. The molecule has 0 fully saturated rings. The van der Waals surface area contributed by atoms with E-state index in [1.54, 1.807) is 37.4 Å². The zero-order valence-electron chi connectivity index (χ0n) is 17.6. The third-order valence-corrected chi connectivity index (χ3v) is 6.37. The van der Waals surface area contributed by atoms with Crippen LogP contribution in [0.15, 0.2) is 60.9 Å². The molecule has 31 heavy (non-hydrogen) atoms. The second-order valence-electron chi connectivity index (χ2n) is 7.15. The van der Waals surface area contributed by atoms with Crippen LogP contribution in [0.1, 0.15) is 24.7 Å². The first-order chi connectivity index (χ1) is 14.7. The van der Waals surface area contributed by atoms with Crippen LogP contribution in [0.3, 0.4) is 0 Å². The molecule has 164 valence electrons. The Morgan fingerprint density at radius 1 is 1.19 bits per heavy atom. The van der Waals surface area contributed by atoms with E-state index in [4.69, 9.17) is 11.6 Å². The Morgan fingerprint density at radius 3 is 2.45 bits per heavy atom. The number of para-hydroxylation sites is 1. The first-order valence-corrected chi connectivity index (χ1v) is 12.1. The predicted octanol–water partition coefficient (Wildman–Crippen LogP) is 3.70. The molecule has 1 amide bonds. The van der Waals surface area contributed by atoms with Gasteiger partial charge in [-0.15, -0.1) is 0 Å². The molecule has 1 heterocycles. The maximum Gasteiger partial charge on any atom is 0.244 e. The molecule has 0 saturated carbocycles. The number of sulfonamides is 1. The molecule has 2 aromatic carbocycles. The summed E-state index contributed by atoms with van der Waals surface area (Å²) in [5.74, 6) is 0.455. The topological polar surface area (TPSA) is 84.3 Å². The van der Waals surface area contributed by atoms with Gasteiger partial charge < -0.3 is 9.88 Å². The molecule has 0 aliphatic carbocycles. The number of aryl methyl sites for hydroxylation is 1. The molecule has 3 aromatic rings. The van der Waals surface area contributed by atoms with Crippen LogP contribution in [0.5, 0.6) is 0 Å². The van der Waals surface area contributed by atoms with Gasteiger partial charge >= 0.3 is 0 Å². The number of amides is 1. The van der Waals surface area contributed by atoms with Gasteiger partial charge in [0.25, 0.3) is 0 Å². The Bertz CT molecular complexity index is 1160. The van der Waals surface area contributed by atoms with Crippen molar-refractivity contribution < 1.29 is 13.2 Å². The van der Waals surface area contributed by atoms with Crippen molar-refractivity contribution in [3.05, 3.63) is 77.3 Å². The van der Waals surface area contributed by atoms with Gasteiger partial charge in [0.2, 0.25) is 15.9 Å². The standard InChI is InChI=1S/C22H25ClN4O3S/c1-4-20(27(31(3,29)30)19-11-9-18(23)10-12-19)22(28)25-15-17-7-5-6-8-21(17)26-14-13-24-16(26)2/h5-14,20H,4,15H2,1-3H3,(H,25,28). The Morgan fingerprint density at radius 2 is 1.87 bits per heavy atom. The fourth-order valence-electron chi connectivity index (χ4n) is 3.48. The van der Waals surface area contributed by atoms with E-state index in [9.17, 15) is 13.2 Å². The van der Waals surface area contributed by atoms with E-state index in [2.05, 4.69) is 10.3 Å². The van der Waals surface area contributed by atoms with Crippen molar-refractivity contribution in [2.45, 2.75) is 32.9 Å². The molecule has 1 N–H and O–H groups in total. The first kappa shape index (κ1) is 22.8.